The Kier molecular flexibility index (Phi) is 5.48. The molecule has 0 radical (unpaired) electrons. The molecule has 0 bridgehead atoms. The number of nitrogens with one attached hydrogen (secondary N) is 1. The minimum Gasteiger partial charge on any atom is -0.379 e. The van der Waals surface area contributed by atoms with Crippen LogP contribution in [0.1, 0.15) is 18.4 Å². The monoisotopic (exact) mass is 357 g/mol. The highest BCUT2D eigenvalue weighted by atomic mass is 19.4. The summed E-state index contributed by atoms with van der Waals surface area (Å²) < 4.78 is 43.1. The van der Waals surface area contributed by atoms with E-state index in [1.54, 1.807) is 4.90 Å². The number of likely N-dealkylation sites (tertiary alicyclic amines) is 1. The molecule has 2 fully saturated rings. The molecule has 138 valence electrons. The highest BCUT2D eigenvalue weighted by molar-refractivity contribution is 5.89. The second-order valence-electron chi connectivity index (χ2n) is 6.40. The van der Waals surface area contributed by atoms with Gasteiger partial charge in [0, 0.05) is 37.9 Å². The van der Waals surface area contributed by atoms with Gasteiger partial charge in [-0.3, -0.25) is 4.90 Å². The molecule has 2 saturated heterocycles. The molecule has 0 aliphatic carbocycles. The molecule has 0 spiro atoms. The highest BCUT2D eigenvalue weighted by Gasteiger charge is 2.31. The number of anilines is 1. The number of carbonyl (C=O) groups is 1. The zero-order valence-electron chi connectivity index (χ0n) is 13.9. The third-order valence-electron chi connectivity index (χ3n) is 4.71. The zero-order chi connectivity index (χ0) is 17.9. The SMILES string of the molecule is O=C(Nc1ccc(C(F)(F)F)cc1)N1CCC[C@@H](N2CCOCC2)C1. The lowest BCUT2D eigenvalue weighted by Crippen LogP contribution is -2.53. The molecular weight excluding hydrogens is 335 g/mol. The van der Waals surface area contributed by atoms with Crippen LogP contribution >= 0.6 is 0 Å². The molecule has 1 atom stereocenters. The molecule has 2 heterocycles. The minimum absolute atomic E-state index is 0.266. The van der Waals surface area contributed by atoms with Gasteiger partial charge in [0.1, 0.15) is 0 Å². The average Bonchev–Trinajstić information content (AvgIpc) is 2.62. The third-order valence-corrected chi connectivity index (χ3v) is 4.71. The summed E-state index contributed by atoms with van der Waals surface area (Å²) in [6.45, 7) is 4.47. The Morgan fingerprint density at radius 2 is 1.80 bits per heavy atom. The van der Waals surface area contributed by atoms with Gasteiger partial charge in [-0.05, 0) is 37.1 Å². The number of piperidine rings is 1. The quantitative estimate of drug-likeness (QED) is 0.885. The largest absolute Gasteiger partial charge is 0.416 e. The normalized spacial score (nSPS) is 22.7. The van der Waals surface area contributed by atoms with E-state index in [4.69, 9.17) is 4.74 Å². The number of urea groups is 1. The van der Waals surface area contributed by atoms with Gasteiger partial charge in [-0.2, -0.15) is 13.2 Å². The molecule has 0 aromatic heterocycles. The summed E-state index contributed by atoms with van der Waals surface area (Å²) in [7, 11) is 0. The number of morpholine rings is 1. The summed E-state index contributed by atoms with van der Waals surface area (Å²) in [6, 6.07) is 4.56. The Morgan fingerprint density at radius 1 is 1.12 bits per heavy atom. The van der Waals surface area contributed by atoms with Crippen molar-refractivity contribution in [3.8, 4) is 0 Å². The van der Waals surface area contributed by atoms with Gasteiger partial charge in [0.05, 0.1) is 18.8 Å². The average molecular weight is 357 g/mol. The van der Waals surface area contributed by atoms with Crippen LogP contribution in [0, 0.1) is 0 Å². The summed E-state index contributed by atoms with van der Waals surface area (Å²) in [6.07, 6.45) is -2.41. The second kappa shape index (κ2) is 7.61. The number of benzene rings is 1. The molecule has 1 N–H and O–H groups in total. The predicted molar refractivity (Wildman–Crippen MR) is 87.4 cm³/mol. The number of amides is 2. The molecular formula is C17H22F3N3O2. The fourth-order valence-corrected chi connectivity index (χ4v) is 3.32. The Hall–Kier alpha value is -1.80. The molecule has 8 heteroatoms. The summed E-state index contributed by atoms with van der Waals surface area (Å²) in [4.78, 5) is 16.5. The van der Waals surface area contributed by atoms with Crippen LogP contribution < -0.4 is 5.32 Å². The maximum absolute atomic E-state index is 12.6. The molecule has 0 unspecified atom stereocenters. The van der Waals surface area contributed by atoms with Crippen LogP contribution in [-0.2, 0) is 10.9 Å². The first kappa shape index (κ1) is 18.0. The van der Waals surface area contributed by atoms with Crippen LogP contribution in [0.2, 0.25) is 0 Å². The lowest BCUT2D eigenvalue weighted by Gasteiger charge is -2.40. The molecule has 2 amide bonds. The second-order valence-corrected chi connectivity index (χ2v) is 6.40. The van der Waals surface area contributed by atoms with Crippen molar-refractivity contribution in [3.05, 3.63) is 29.8 Å². The molecule has 5 nitrogen and oxygen atoms in total. The van der Waals surface area contributed by atoms with Crippen molar-refractivity contribution in [3.63, 3.8) is 0 Å². The number of halogens is 3. The summed E-state index contributed by atoms with van der Waals surface area (Å²) in [5, 5.41) is 2.69. The number of carbonyl (C=O) groups excluding carboxylic acids is 1. The molecule has 1 aromatic carbocycles. The van der Waals surface area contributed by atoms with E-state index in [0.29, 0.717) is 38.0 Å². The standard InChI is InChI=1S/C17H22F3N3O2/c18-17(19,20)13-3-5-14(6-4-13)21-16(24)23-7-1-2-15(12-23)22-8-10-25-11-9-22/h3-6,15H,1-2,7-12H2,(H,21,24)/t15-/m1/s1. The van der Waals surface area contributed by atoms with E-state index in [-0.39, 0.29) is 6.03 Å². The number of rotatable bonds is 2. The van der Waals surface area contributed by atoms with Crippen molar-refractivity contribution in [1.29, 1.82) is 0 Å². The van der Waals surface area contributed by atoms with Crippen molar-refractivity contribution in [2.45, 2.75) is 25.1 Å². The Morgan fingerprint density at radius 3 is 2.44 bits per heavy atom. The number of alkyl halides is 3. The molecule has 1 aromatic rings. The molecule has 25 heavy (non-hydrogen) atoms. The fraction of sp³-hybridized carbons (Fsp3) is 0.588. The van der Waals surface area contributed by atoms with Crippen molar-refractivity contribution in [1.82, 2.24) is 9.80 Å². The highest BCUT2D eigenvalue weighted by Crippen LogP contribution is 2.30. The Labute approximate surface area is 144 Å². The van der Waals surface area contributed by atoms with Crippen LogP contribution in [-0.4, -0.2) is 61.3 Å². The van der Waals surface area contributed by atoms with Gasteiger partial charge in [-0.15, -0.1) is 0 Å². The van der Waals surface area contributed by atoms with E-state index in [1.165, 1.54) is 12.1 Å². The Balaban J connectivity index is 1.57. The zero-order valence-corrected chi connectivity index (χ0v) is 13.9. The smallest absolute Gasteiger partial charge is 0.379 e. The van der Waals surface area contributed by atoms with Crippen molar-refractivity contribution in [2.24, 2.45) is 0 Å². The van der Waals surface area contributed by atoms with E-state index in [1.807, 2.05) is 0 Å². The van der Waals surface area contributed by atoms with Gasteiger partial charge in [0.25, 0.3) is 0 Å². The first-order valence-corrected chi connectivity index (χ1v) is 8.48. The van der Waals surface area contributed by atoms with Gasteiger partial charge in [0.2, 0.25) is 0 Å². The van der Waals surface area contributed by atoms with Crippen LogP contribution in [0.3, 0.4) is 0 Å². The first-order chi connectivity index (χ1) is 11.9. The van der Waals surface area contributed by atoms with Crippen molar-refractivity contribution < 1.29 is 22.7 Å². The lowest BCUT2D eigenvalue weighted by molar-refractivity contribution is -0.137. The van der Waals surface area contributed by atoms with Gasteiger partial charge in [-0.1, -0.05) is 0 Å². The van der Waals surface area contributed by atoms with Gasteiger partial charge < -0.3 is 15.0 Å². The van der Waals surface area contributed by atoms with Crippen LogP contribution in [0.15, 0.2) is 24.3 Å². The summed E-state index contributed by atoms with van der Waals surface area (Å²) in [5.41, 5.74) is -0.359. The fourth-order valence-electron chi connectivity index (χ4n) is 3.32. The van der Waals surface area contributed by atoms with Crippen LogP contribution in [0.4, 0.5) is 23.7 Å². The molecule has 0 saturated carbocycles. The number of nitrogens with zero attached hydrogens (tertiary/aromatic N) is 2. The van der Waals surface area contributed by atoms with Gasteiger partial charge in [0.15, 0.2) is 0 Å². The third kappa shape index (κ3) is 4.64. The van der Waals surface area contributed by atoms with E-state index in [9.17, 15) is 18.0 Å². The Bertz CT molecular complexity index is 586. The summed E-state index contributed by atoms with van der Waals surface area (Å²) >= 11 is 0. The number of hydrogen-bond donors (Lipinski definition) is 1. The van der Waals surface area contributed by atoms with E-state index >= 15 is 0 Å². The maximum Gasteiger partial charge on any atom is 0.416 e. The lowest BCUT2D eigenvalue weighted by atomic mass is 10.0. The van der Waals surface area contributed by atoms with E-state index < -0.39 is 11.7 Å². The molecule has 2 aliphatic heterocycles. The minimum atomic E-state index is -4.37. The van der Waals surface area contributed by atoms with Crippen LogP contribution in [0.25, 0.3) is 0 Å². The van der Waals surface area contributed by atoms with Gasteiger partial charge >= 0.3 is 12.2 Å². The maximum atomic E-state index is 12.6. The molecule has 2 aliphatic rings. The topological polar surface area (TPSA) is 44.8 Å². The molecule has 3 rings (SSSR count). The first-order valence-electron chi connectivity index (χ1n) is 8.48. The van der Waals surface area contributed by atoms with E-state index in [2.05, 4.69) is 10.2 Å². The van der Waals surface area contributed by atoms with E-state index in [0.717, 1.165) is 38.1 Å². The number of ether oxygens (including phenoxy) is 1. The number of hydrogen-bond acceptors (Lipinski definition) is 3. The predicted octanol–water partition coefficient (Wildman–Crippen LogP) is 3.03. The van der Waals surface area contributed by atoms with Crippen molar-refractivity contribution >= 4 is 11.7 Å². The van der Waals surface area contributed by atoms with Crippen molar-refractivity contribution in [2.75, 3.05) is 44.7 Å². The van der Waals surface area contributed by atoms with Crippen LogP contribution in [0.5, 0.6) is 0 Å². The summed E-state index contributed by atoms with van der Waals surface area (Å²) in [5.74, 6) is 0. The van der Waals surface area contributed by atoms with Gasteiger partial charge in [-0.25, -0.2) is 4.79 Å².